The summed E-state index contributed by atoms with van der Waals surface area (Å²) >= 11 is 0. The Labute approximate surface area is 110 Å². The summed E-state index contributed by atoms with van der Waals surface area (Å²) in [5.41, 5.74) is 1.63. The van der Waals surface area contributed by atoms with Crippen LogP contribution in [-0.2, 0) is 11.3 Å². The molecule has 0 saturated heterocycles. The molecular weight excluding hydrogens is 226 g/mol. The van der Waals surface area contributed by atoms with Gasteiger partial charge in [-0.2, -0.15) is 0 Å². The third kappa shape index (κ3) is 4.15. The van der Waals surface area contributed by atoms with Gasteiger partial charge in [-0.25, -0.2) is 4.79 Å². The molecule has 1 aromatic carbocycles. The van der Waals surface area contributed by atoms with Crippen molar-refractivity contribution in [3.05, 3.63) is 35.4 Å². The van der Waals surface area contributed by atoms with Crippen LogP contribution in [0.15, 0.2) is 24.3 Å². The lowest BCUT2D eigenvalue weighted by molar-refractivity contribution is 0.0599. The van der Waals surface area contributed by atoms with E-state index in [0.717, 1.165) is 12.1 Å². The molecule has 3 heteroatoms. The highest BCUT2D eigenvalue weighted by molar-refractivity contribution is 5.90. The van der Waals surface area contributed by atoms with Crippen molar-refractivity contribution in [3.8, 4) is 0 Å². The first kappa shape index (κ1) is 14.7. The summed E-state index contributed by atoms with van der Waals surface area (Å²) in [7, 11) is 1.41. The second-order valence-electron chi connectivity index (χ2n) is 5.00. The van der Waals surface area contributed by atoms with Crippen LogP contribution in [0.4, 0.5) is 0 Å². The molecule has 100 valence electrons. The molecular formula is C15H23NO2. The van der Waals surface area contributed by atoms with E-state index < -0.39 is 0 Å². The van der Waals surface area contributed by atoms with E-state index in [1.165, 1.54) is 7.11 Å². The molecule has 0 aromatic heterocycles. The van der Waals surface area contributed by atoms with Gasteiger partial charge in [-0.15, -0.1) is 0 Å². The average molecular weight is 249 g/mol. The maximum absolute atomic E-state index is 11.6. The number of methoxy groups -OCH3 is 1. The van der Waals surface area contributed by atoms with Crippen molar-refractivity contribution in [2.45, 2.75) is 27.3 Å². The van der Waals surface area contributed by atoms with Gasteiger partial charge in [-0.1, -0.05) is 39.0 Å². The molecule has 1 aromatic rings. The van der Waals surface area contributed by atoms with Crippen molar-refractivity contribution < 1.29 is 9.53 Å². The van der Waals surface area contributed by atoms with Crippen LogP contribution in [-0.4, -0.2) is 19.6 Å². The molecule has 1 N–H and O–H groups in total. The normalized spacial score (nSPS) is 12.5. The highest BCUT2D eigenvalue weighted by Crippen LogP contribution is 2.11. The van der Waals surface area contributed by atoms with Crippen LogP contribution >= 0.6 is 0 Å². The minimum Gasteiger partial charge on any atom is -0.465 e. The Morgan fingerprint density at radius 2 is 1.94 bits per heavy atom. The molecule has 0 bridgehead atoms. The maximum atomic E-state index is 11.6. The summed E-state index contributed by atoms with van der Waals surface area (Å²) in [6.07, 6.45) is 0. The van der Waals surface area contributed by atoms with Crippen LogP contribution < -0.4 is 5.32 Å². The standard InChI is InChI=1S/C15H23NO2/c1-11(2)12(3)9-16-10-13-7-5-6-8-14(13)15(17)18-4/h5-8,11-12,16H,9-10H2,1-4H3. The summed E-state index contributed by atoms with van der Waals surface area (Å²) in [5, 5.41) is 3.39. The number of carbonyl (C=O) groups is 1. The van der Waals surface area contributed by atoms with E-state index in [9.17, 15) is 4.79 Å². The van der Waals surface area contributed by atoms with Gasteiger partial charge in [-0.05, 0) is 30.0 Å². The first-order valence-corrected chi connectivity index (χ1v) is 6.43. The zero-order valence-corrected chi connectivity index (χ0v) is 11.7. The van der Waals surface area contributed by atoms with Gasteiger partial charge in [0.15, 0.2) is 0 Å². The summed E-state index contributed by atoms with van der Waals surface area (Å²) in [5.74, 6) is 1.01. The van der Waals surface area contributed by atoms with E-state index >= 15 is 0 Å². The Balaban J connectivity index is 2.59. The summed E-state index contributed by atoms with van der Waals surface area (Å²) < 4.78 is 4.78. The van der Waals surface area contributed by atoms with Gasteiger partial charge in [0.25, 0.3) is 0 Å². The Bertz CT molecular complexity index is 388. The van der Waals surface area contributed by atoms with E-state index in [1.54, 1.807) is 6.07 Å². The van der Waals surface area contributed by atoms with Gasteiger partial charge in [0, 0.05) is 6.54 Å². The van der Waals surface area contributed by atoms with Gasteiger partial charge in [0.2, 0.25) is 0 Å². The van der Waals surface area contributed by atoms with Gasteiger partial charge in [-0.3, -0.25) is 0 Å². The molecule has 0 heterocycles. The Hall–Kier alpha value is -1.35. The van der Waals surface area contributed by atoms with Crippen molar-refractivity contribution in [3.63, 3.8) is 0 Å². The monoisotopic (exact) mass is 249 g/mol. The molecule has 3 nitrogen and oxygen atoms in total. The van der Waals surface area contributed by atoms with Gasteiger partial charge in [0.05, 0.1) is 12.7 Å². The third-order valence-corrected chi connectivity index (χ3v) is 3.34. The van der Waals surface area contributed by atoms with Crippen LogP contribution in [0.1, 0.15) is 36.7 Å². The highest BCUT2D eigenvalue weighted by Gasteiger charge is 2.11. The minimum atomic E-state index is -0.274. The van der Waals surface area contributed by atoms with Crippen molar-refractivity contribution in [2.24, 2.45) is 11.8 Å². The van der Waals surface area contributed by atoms with E-state index in [-0.39, 0.29) is 5.97 Å². The number of nitrogens with one attached hydrogen (secondary N) is 1. The quantitative estimate of drug-likeness (QED) is 0.788. The summed E-state index contributed by atoms with van der Waals surface area (Å²) in [6.45, 7) is 8.31. The molecule has 0 aliphatic rings. The molecule has 0 aliphatic carbocycles. The lowest BCUT2D eigenvalue weighted by Crippen LogP contribution is -2.24. The fourth-order valence-corrected chi connectivity index (χ4v) is 1.65. The molecule has 18 heavy (non-hydrogen) atoms. The first-order chi connectivity index (χ1) is 8.56. The van der Waals surface area contributed by atoms with Crippen LogP contribution in [0.5, 0.6) is 0 Å². The second-order valence-corrected chi connectivity index (χ2v) is 5.00. The molecule has 0 fully saturated rings. The topological polar surface area (TPSA) is 38.3 Å². The first-order valence-electron chi connectivity index (χ1n) is 6.43. The molecule has 1 rings (SSSR count). The third-order valence-electron chi connectivity index (χ3n) is 3.34. The molecule has 0 aliphatic heterocycles. The molecule has 0 spiro atoms. The van der Waals surface area contributed by atoms with Crippen molar-refractivity contribution in [1.29, 1.82) is 0 Å². The van der Waals surface area contributed by atoms with E-state index in [2.05, 4.69) is 26.1 Å². The molecule has 1 atom stereocenters. The Morgan fingerprint density at radius 1 is 1.28 bits per heavy atom. The lowest BCUT2D eigenvalue weighted by Gasteiger charge is -2.16. The Kier molecular flexibility index (Phi) is 5.86. The smallest absolute Gasteiger partial charge is 0.338 e. The fourth-order valence-electron chi connectivity index (χ4n) is 1.65. The van der Waals surface area contributed by atoms with Gasteiger partial charge in [0.1, 0.15) is 0 Å². The zero-order chi connectivity index (χ0) is 13.5. The molecule has 0 amide bonds. The number of carbonyl (C=O) groups excluding carboxylic acids is 1. The summed E-state index contributed by atoms with van der Waals surface area (Å²) in [4.78, 5) is 11.6. The van der Waals surface area contributed by atoms with Crippen LogP contribution in [0.2, 0.25) is 0 Å². The Morgan fingerprint density at radius 3 is 2.56 bits per heavy atom. The van der Waals surface area contributed by atoms with Crippen molar-refractivity contribution in [1.82, 2.24) is 5.32 Å². The predicted octanol–water partition coefficient (Wildman–Crippen LogP) is 2.85. The van der Waals surface area contributed by atoms with Crippen LogP contribution in [0.3, 0.4) is 0 Å². The number of ether oxygens (including phenoxy) is 1. The number of rotatable bonds is 6. The largest absolute Gasteiger partial charge is 0.465 e. The van der Waals surface area contributed by atoms with Crippen LogP contribution in [0.25, 0.3) is 0 Å². The second kappa shape index (κ2) is 7.17. The zero-order valence-electron chi connectivity index (χ0n) is 11.7. The average Bonchev–Trinajstić information content (AvgIpc) is 2.38. The SMILES string of the molecule is COC(=O)c1ccccc1CNCC(C)C(C)C. The summed E-state index contributed by atoms with van der Waals surface area (Å²) in [6, 6.07) is 7.55. The molecule has 0 saturated carbocycles. The lowest BCUT2D eigenvalue weighted by atomic mass is 9.98. The molecule has 0 radical (unpaired) electrons. The highest BCUT2D eigenvalue weighted by atomic mass is 16.5. The van der Waals surface area contributed by atoms with E-state index in [4.69, 9.17) is 4.74 Å². The fraction of sp³-hybridized carbons (Fsp3) is 0.533. The maximum Gasteiger partial charge on any atom is 0.338 e. The van der Waals surface area contributed by atoms with E-state index in [0.29, 0.717) is 23.9 Å². The predicted molar refractivity (Wildman–Crippen MR) is 73.5 cm³/mol. The number of benzene rings is 1. The van der Waals surface area contributed by atoms with E-state index in [1.807, 2.05) is 18.2 Å². The number of esters is 1. The van der Waals surface area contributed by atoms with Crippen molar-refractivity contribution in [2.75, 3.05) is 13.7 Å². The van der Waals surface area contributed by atoms with Gasteiger partial charge >= 0.3 is 5.97 Å². The number of hydrogen-bond acceptors (Lipinski definition) is 3. The number of hydrogen-bond donors (Lipinski definition) is 1. The van der Waals surface area contributed by atoms with Crippen LogP contribution in [0, 0.1) is 11.8 Å². The molecule has 1 unspecified atom stereocenters. The minimum absolute atomic E-state index is 0.274. The van der Waals surface area contributed by atoms with Gasteiger partial charge < -0.3 is 10.1 Å². The van der Waals surface area contributed by atoms with Crippen molar-refractivity contribution >= 4 is 5.97 Å².